The second-order valence-corrected chi connectivity index (χ2v) is 9.56. The lowest BCUT2D eigenvalue weighted by molar-refractivity contribution is -0.113. The number of nitrogens with zero attached hydrogens (tertiary/aromatic N) is 2. The lowest BCUT2D eigenvalue weighted by Gasteiger charge is -2.30. The Morgan fingerprint density at radius 1 is 0.868 bits per heavy atom. The van der Waals surface area contributed by atoms with Crippen LogP contribution in [0.25, 0.3) is 0 Å². The third-order valence-electron chi connectivity index (χ3n) is 6.64. The van der Waals surface area contributed by atoms with E-state index in [-0.39, 0.29) is 17.6 Å². The van der Waals surface area contributed by atoms with Crippen molar-refractivity contribution in [3.05, 3.63) is 118 Å². The number of benzene rings is 3. The lowest BCUT2D eigenvalue weighted by atomic mass is 9.94. The summed E-state index contributed by atoms with van der Waals surface area (Å²) in [6.45, 7) is 7.69. The SMILES string of the molecule is CC1=C(C(=O)Nc2ccc(C)cc2C)[C@@H](c2ccc(F)cc2)n2ncc(C(=O)Nc3ccc(C)cc3)c2N1. The van der Waals surface area contributed by atoms with Gasteiger partial charge in [-0.3, -0.25) is 9.59 Å². The van der Waals surface area contributed by atoms with Gasteiger partial charge in [-0.25, -0.2) is 9.07 Å². The molecule has 0 fully saturated rings. The monoisotopic (exact) mass is 509 g/mol. The molecule has 5 rings (SSSR count). The number of nitrogens with one attached hydrogen (secondary N) is 3. The highest BCUT2D eigenvalue weighted by Crippen LogP contribution is 2.38. The highest BCUT2D eigenvalue weighted by molar-refractivity contribution is 6.09. The van der Waals surface area contributed by atoms with Crippen molar-refractivity contribution in [2.75, 3.05) is 16.0 Å². The molecular formula is C30H28FN5O2. The van der Waals surface area contributed by atoms with Crippen LogP contribution in [0.1, 0.15) is 45.6 Å². The van der Waals surface area contributed by atoms with Crippen molar-refractivity contribution in [2.45, 2.75) is 33.7 Å². The molecule has 3 N–H and O–H groups in total. The molecule has 1 aliphatic heterocycles. The molecule has 0 saturated heterocycles. The fourth-order valence-electron chi connectivity index (χ4n) is 4.65. The minimum absolute atomic E-state index is 0.317. The Bertz CT molecular complexity index is 1570. The van der Waals surface area contributed by atoms with E-state index in [4.69, 9.17) is 0 Å². The van der Waals surface area contributed by atoms with E-state index in [1.807, 2.05) is 63.2 Å². The summed E-state index contributed by atoms with van der Waals surface area (Å²) < 4.78 is 15.4. The van der Waals surface area contributed by atoms with Gasteiger partial charge in [-0.2, -0.15) is 5.10 Å². The maximum Gasteiger partial charge on any atom is 0.261 e. The molecule has 0 unspecified atom stereocenters. The van der Waals surface area contributed by atoms with Gasteiger partial charge in [0.25, 0.3) is 11.8 Å². The zero-order chi connectivity index (χ0) is 27.0. The molecule has 1 aromatic heterocycles. The molecule has 8 heteroatoms. The fourth-order valence-corrected chi connectivity index (χ4v) is 4.65. The van der Waals surface area contributed by atoms with Crippen molar-refractivity contribution in [3.8, 4) is 0 Å². The maximum atomic E-state index is 13.8. The minimum Gasteiger partial charge on any atom is -0.343 e. The highest BCUT2D eigenvalue weighted by Gasteiger charge is 2.35. The van der Waals surface area contributed by atoms with Crippen LogP contribution in [-0.2, 0) is 4.79 Å². The summed E-state index contributed by atoms with van der Waals surface area (Å²) in [4.78, 5) is 26.9. The van der Waals surface area contributed by atoms with Crippen LogP contribution in [0.15, 0.2) is 84.2 Å². The van der Waals surface area contributed by atoms with Gasteiger partial charge in [-0.1, -0.05) is 47.5 Å². The molecule has 1 atom stereocenters. The number of rotatable bonds is 5. The lowest BCUT2D eigenvalue weighted by Crippen LogP contribution is -2.32. The van der Waals surface area contributed by atoms with E-state index < -0.39 is 6.04 Å². The summed E-state index contributed by atoms with van der Waals surface area (Å²) >= 11 is 0. The van der Waals surface area contributed by atoms with Crippen LogP contribution >= 0.6 is 0 Å². The van der Waals surface area contributed by atoms with Crippen LogP contribution in [0.3, 0.4) is 0 Å². The van der Waals surface area contributed by atoms with Crippen molar-refractivity contribution in [1.29, 1.82) is 0 Å². The van der Waals surface area contributed by atoms with E-state index in [2.05, 4.69) is 21.0 Å². The van der Waals surface area contributed by atoms with Gasteiger partial charge >= 0.3 is 0 Å². The molecule has 0 spiro atoms. The van der Waals surface area contributed by atoms with Gasteiger partial charge in [0.05, 0.1) is 11.8 Å². The molecule has 4 aromatic rings. The standard InChI is InChI=1S/C30H28FN5O2/c1-17-5-12-23(13-6-17)34-29(37)24-16-32-36-27(21-8-10-22(31)11-9-21)26(20(4)33-28(24)36)30(38)35-25-14-7-18(2)15-19(25)3/h5-16,27,33H,1-4H3,(H,34,37)(H,35,38)/t27-/m1/s1. The molecule has 192 valence electrons. The van der Waals surface area contributed by atoms with Crippen molar-refractivity contribution in [2.24, 2.45) is 0 Å². The third-order valence-corrected chi connectivity index (χ3v) is 6.64. The predicted octanol–water partition coefficient (Wildman–Crippen LogP) is 6.13. The smallest absolute Gasteiger partial charge is 0.261 e. The van der Waals surface area contributed by atoms with Gasteiger partial charge in [0, 0.05) is 17.1 Å². The maximum absolute atomic E-state index is 13.8. The van der Waals surface area contributed by atoms with E-state index >= 15 is 0 Å². The summed E-state index contributed by atoms with van der Waals surface area (Å²) in [5.41, 5.74) is 6.44. The van der Waals surface area contributed by atoms with Crippen LogP contribution < -0.4 is 16.0 Å². The quantitative estimate of drug-likeness (QED) is 0.302. The summed E-state index contributed by atoms with van der Waals surface area (Å²) in [6.07, 6.45) is 1.47. The van der Waals surface area contributed by atoms with Crippen LogP contribution in [0, 0.1) is 26.6 Å². The van der Waals surface area contributed by atoms with E-state index in [0.29, 0.717) is 39.6 Å². The van der Waals surface area contributed by atoms with E-state index in [9.17, 15) is 14.0 Å². The molecule has 0 aliphatic carbocycles. The first kappa shape index (κ1) is 25.0. The zero-order valence-corrected chi connectivity index (χ0v) is 21.6. The average Bonchev–Trinajstić information content (AvgIpc) is 3.30. The summed E-state index contributed by atoms with van der Waals surface area (Å²) in [5.74, 6) is -0.590. The number of amides is 2. The van der Waals surface area contributed by atoms with Crippen LogP contribution in [0.5, 0.6) is 0 Å². The number of carbonyl (C=O) groups excluding carboxylic acids is 2. The molecule has 0 radical (unpaired) electrons. The van der Waals surface area contributed by atoms with Gasteiger partial charge in [0.15, 0.2) is 0 Å². The van der Waals surface area contributed by atoms with E-state index in [0.717, 1.165) is 16.7 Å². The third kappa shape index (κ3) is 4.80. The number of allylic oxidation sites excluding steroid dienone is 1. The summed E-state index contributed by atoms with van der Waals surface area (Å²) in [7, 11) is 0. The van der Waals surface area contributed by atoms with Crippen molar-refractivity contribution < 1.29 is 14.0 Å². The van der Waals surface area contributed by atoms with Crippen LogP contribution in [-0.4, -0.2) is 21.6 Å². The van der Waals surface area contributed by atoms with Gasteiger partial charge in [-0.05, 0) is 69.2 Å². The average molecular weight is 510 g/mol. The highest BCUT2D eigenvalue weighted by atomic mass is 19.1. The molecule has 2 heterocycles. The van der Waals surface area contributed by atoms with Crippen molar-refractivity contribution >= 4 is 29.0 Å². The van der Waals surface area contributed by atoms with Crippen LogP contribution in [0.4, 0.5) is 21.6 Å². The van der Waals surface area contributed by atoms with Crippen molar-refractivity contribution in [3.63, 3.8) is 0 Å². The zero-order valence-electron chi connectivity index (χ0n) is 21.6. The number of anilines is 3. The molecular weight excluding hydrogens is 481 g/mol. The van der Waals surface area contributed by atoms with Gasteiger partial charge in [0.1, 0.15) is 23.2 Å². The number of hydrogen-bond acceptors (Lipinski definition) is 4. The molecule has 38 heavy (non-hydrogen) atoms. The van der Waals surface area contributed by atoms with Gasteiger partial charge in [-0.15, -0.1) is 0 Å². The second kappa shape index (κ2) is 9.97. The molecule has 0 saturated carbocycles. The second-order valence-electron chi connectivity index (χ2n) is 9.56. The van der Waals surface area contributed by atoms with E-state index in [1.165, 1.54) is 18.3 Å². The molecule has 7 nitrogen and oxygen atoms in total. The molecule has 2 amide bonds. The molecule has 3 aromatic carbocycles. The van der Waals surface area contributed by atoms with Gasteiger partial charge in [0.2, 0.25) is 0 Å². The number of carbonyl (C=O) groups is 2. The Morgan fingerprint density at radius 2 is 1.55 bits per heavy atom. The first-order chi connectivity index (χ1) is 18.2. The Morgan fingerprint density at radius 3 is 2.24 bits per heavy atom. The Labute approximate surface area is 220 Å². The number of fused-ring (bicyclic) bond motifs is 1. The summed E-state index contributed by atoms with van der Waals surface area (Å²) in [6, 6.07) is 18.6. The Hall–Kier alpha value is -4.72. The number of aryl methyl sites for hydroxylation is 3. The normalized spacial score (nSPS) is 14.5. The fraction of sp³-hybridized carbons (Fsp3) is 0.167. The largest absolute Gasteiger partial charge is 0.343 e. The predicted molar refractivity (Wildman–Crippen MR) is 147 cm³/mol. The first-order valence-corrected chi connectivity index (χ1v) is 12.3. The first-order valence-electron chi connectivity index (χ1n) is 12.3. The Kier molecular flexibility index (Phi) is 6.55. The Balaban J connectivity index is 1.53. The molecule has 1 aliphatic rings. The number of hydrogen-bond donors (Lipinski definition) is 3. The number of aromatic nitrogens is 2. The summed E-state index contributed by atoms with van der Waals surface area (Å²) in [5, 5.41) is 13.6. The van der Waals surface area contributed by atoms with Gasteiger partial charge < -0.3 is 16.0 Å². The minimum atomic E-state index is -0.682. The van der Waals surface area contributed by atoms with Crippen LogP contribution in [0.2, 0.25) is 0 Å². The van der Waals surface area contributed by atoms with E-state index in [1.54, 1.807) is 23.7 Å². The van der Waals surface area contributed by atoms with Crippen molar-refractivity contribution in [1.82, 2.24) is 9.78 Å². The topological polar surface area (TPSA) is 88.0 Å². The molecule has 0 bridgehead atoms. The number of halogens is 1.